The Hall–Kier alpha value is -0.0400. The van der Waals surface area contributed by atoms with Crippen molar-refractivity contribution >= 4 is 0 Å². The lowest BCUT2D eigenvalue weighted by Crippen LogP contribution is -2.55. The second kappa shape index (κ2) is 7.49. The van der Waals surface area contributed by atoms with Gasteiger partial charge in [-0.05, 0) is 47.3 Å². The molecule has 4 unspecified atom stereocenters. The van der Waals surface area contributed by atoms with Crippen molar-refractivity contribution in [2.75, 3.05) is 0 Å². The number of hydrogen-bond acceptors (Lipinski definition) is 1. The molecule has 0 aromatic carbocycles. The van der Waals surface area contributed by atoms with Crippen molar-refractivity contribution in [3.05, 3.63) is 0 Å². The van der Waals surface area contributed by atoms with E-state index in [1.54, 1.807) is 0 Å². The molecule has 0 amide bonds. The summed E-state index contributed by atoms with van der Waals surface area (Å²) in [5, 5.41) is 0. The van der Waals surface area contributed by atoms with Crippen LogP contribution in [-0.4, -0.2) is 12.2 Å². The van der Waals surface area contributed by atoms with Gasteiger partial charge in [0.2, 0.25) is 0 Å². The van der Waals surface area contributed by atoms with E-state index in [0.29, 0.717) is 47.7 Å². The van der Waals surface area contributed by atoms with Gasteiger partial charge >= 0.3 is 0 Å². The number of ether oxygens (including phenoxy) is 1. The normalized spacial score (nSPS) is 34.7. The number of rotatable bonds is 5. The Labute approximate surface area is 134 Å². The van der Waals surface area contributed by atoms with E-state index < -0.39 is 0 Å². The molecule has 0 aromatic rings. The van der Waals surface area contributed by atoms with Crippen molar-refractivity contribution in [1.29, 1.82) is 0 Å². The van der Waals surface area contributed by atoms with Crippen LogP contribution in [0.2, 0.25) is 0 Å². The quantitative estimate of drug-likeness (QED) is 0.615. The van der Waals surface area contributed by atoms with Crippen LogP contribution in [0.15, 0.2) is 0 Å². The highest BCUT2D eigenvalue weighted by Crippen LogP contribution is 2.49. The highest BCUT2D eigenvalue weighted by molar-refractivity contribution is 4.96. The number of hydrogen-bond donors (Lipinski definition) is 0. The first-order chi connectivity index (χ1) is 9.59. The Morgan fingerprint density at radius 3 is 0.905 bits per heavy atom. The van der Waals surface area contributed by atoms with Gasteiger partial charge in [-0.15, -0.1) is 0 Å². The molecule has 0 spiro atoms. The Morgan fingerprint density at radius 2 is 0.714 bits per heavy atom. The molecule has 1 fully saturated rings. The van der Waals surface area contributed by atoms with Crippen LogP contribution < -0.4 is 0 Å². The van der Waals surface area contributed by atoms with Gasteiger partial charge in [0.1, 0.15) is 0 Å². The fourth-order valence-electron chi connectivity index (χ4n) is 4.80. The lowest BCUT2D eigenvalue weighted by molar-refractivity contribution is -0.204. The van der Waals surface area contributed by atoms with Gasteiger partial charge in [-0.2, -0.15) is 0 Å². The predicted molar refractivity (Wildman–Crippen MR) is 93.3 cm³/mol. The highest BCUT2D eigenvalue weighted by atomic mass is 16.5. The first-order valence-corrected chi connectivity index (χ1v) is 9.24. The minimum absolute atomic E-state index is 0.416. The van der Waals surface area contributed by atoms with Crippen molar-refractivity contribution in [2.45, 2.75) is 81.4 Å². The molecule has 0 bridgehead atoms. The molecular formula is C20H40O. The van der Waals surface area contributed by atoms with E-state index in [2.05, 4.69) is 69.2 Å². The lowest BCUT2D eigenvalue weighted by atomic mass is 9.59. The molecule has 1 aliphatic heterocycles. The van der Waals surface area contributed by atoms with Crippen LogP contribution in [0.4, 0.5) is 0 Å². The summed E-state index contributed by atoms with van der Waals surface area (Å²) in [4.78, 5) is 0. The summed E-state index contributed by atoms with van der Waals surface area (Å²) < 4.78 is 6.74. The second-order valence-electron chi connectivity index (χ2n) is 9.02. The van der Waals surface area contributed by atoms with Gasteiger partial charge in [0.15, 0.2) is 0 Å². The second-order valence-corrected chi connectivity index (χ2v) is 9.02. The van der Waals surface area contributed by atoms with Crippen molar-refractivity contribution in [3.8, 4) is 0 Å². The lowest BCUT2D eigenvalue weighted by Gasteiger charge is -2.54. The van der Waals surface area contributed by atoms with Crippen molar-refractivity contribution in [2.24, 2.45) is 47.3 Å². The fraction of sp³-hybridized carbons (Fsp3) is 1.00. The zero-order valence-corrected chi connectivity index (χ0v) is 16.2. The van der Waals surface area contributed by atoms with Gasteiger partial charge in [0.05, 0.1) is 12.2 Å². The largest absolute Gasteiger partial charge is 0.374 e. The minimum Gasteiger partial charge on any atom is -0.374 e. The maximum absolute atomic E-state index is 6.74. The summed E-state index contributed by atoms with van der Waals surface area (Å²) in [5.41, 5.74) is 0. The first kappa shape index (κ1) is 19.0. The smallest absolute Gasteiger partial charge is 0.0635 e. The van der Waals surface area contributed by atoms with Gasteiger partial charge in [-0.25, -0.2) is 0 Å². The van der Waals surface area contributed by atoms with Crippen LogP contribution >= 0.6 is 0 Å². The Balaban J connectivity index is 3.28. The maximum Gasteiger partial charge on any atom is 0.0635 e. The van der Waals surface area contributed by atoms with Gasteiger partial charge in [-0.1, -0.05) is 69.2 Å². The van der Waals surface area contributed by atoms with E-state index in [4.69, 9.17) is 4.74 Å². The SMILES string of the molecule is CC(C)C1OC(C(C)C)C(C(C)C)C(C(C)C)C1C(C)C. The Bertz CT molecular complexity index is 277. The predicted octanol–water partition coefficient (Wildman–Crippen LogP) is 5.88. The standard InChI is InChI=1S/C20H40O/c1-11(2)16-17(12(3)4)19(14(7)8)21-20(15(9)10)18(16)13(5)6/h11-20H,1-10H3. The van der Waals surface area contributed by atoms with Crippen LogP contribution in [0.3, 0.4) is 0 Å². The van der Waals surface area contributed by atoms with E-state index in [-0.39, 0.29) is 0 Å². The monoisotopic (exact) mass is 296 g/mol. The average Bonchev–Trinajstić information content (AvgIpc) is 2.34. The molecular weight excluding hydrogens is 256 g/mol. The average molecular weight is 297 g/mol. The van der Waals surface area contributed by atoms with Gasteiger partial charge in [0, 0.05) is 0 Å². The molecule has 1 nitrogen and oxygen atoms in total. The van der Waals surface area contributed by atoms with Crippen LogP contribution in [0.25, 0.3) is 0 Å². The topological polar surface area (TPSA) is 9.23 Å². The molecule has 1 aliphatic rings. The summed E-state index contributed by atoms with van der Waals surface area (Å²) in [6, 6.07) is 0. The minimum atomic E-state index is 0.416. The van der Waals surface area contributed by atoms with Gasteiger partial charge in [0.25, 0.3) is 0 Å². The van der Waals surface area contributed by atoms with E-state index in [9.17, 15) is 0 Å². The summed E-state index contributed by atoms with van der Waals surface area (Å²) in [6.45, 7) is 23.8. The van der Waals surface area contributed by atoms with E-state index >= 15 is 0 Å². The molecule has 1 heteroatoms. The van der Waals surface area contributed by atoms with Crippen molar-refractivity contribution < 1.29 is 4.74 Å². The molecule has 0 N–H and O–H groups in total. The van der Waals surface area contributed by atoms with Gasteiger partial charge < -0.3 is 4.74 Å². The van der Waals surface area contributed by atoms with Crippen LogP contribution in [0.5, 0.6) is 0 Å². The third-order valence-electron chi connectivity index (χ3n) is 5.59. The van der Waals surface area contributed by atoms with E-state index in [1.165, 1.54) is 0 Å². The van der Waals surface area contributed by atoms with E-state index in [1.807, 2.05) is 0 Å². The Kier molecular flexibility index (Phi) is 6.78. The van der Waals surface area contributed by atoms with Crippen LogP contribution in [-0.2, 0) is 4.74 Å². The third-order valence-corrected chi connectivity index (χ3v) is 5.59. The summed E-state index contributed by atoms with van der Waals surface area (Å²) in [7, 11) is 0. The molecule has 126 valence electrons. The van der Waals surface area contributed by atoms with Gasteiger partial charge in [-0.3, -0.25) is 0 Å². The van der Waals surface area contributed by atoms with Crippen molar-refractivity contribution in [1.82, 2.24) is 0 Å². The third kappa shape index (κ3) is 4.03. The molecule has 1 saturated heterocycles. The molecule has 4 atom stereocenters. The summed E-state index contributed by atoms with van der Waals surface area (Å²) >= 11 is 0. The summed E-state index contributed by atoms with van der Waals surface area (Å²) in [5.74, 6) is 5.48. The van der Waals surface area contributed by atoms with Crippen LogP contribution in [0, 0.1) is 47.3 Å². The summed E-state index contributed by atoms with van der Waals surface area (Å²) in [6.07, 6.45) is 0.833. The molecule has 0 aliphatic carbocycles. The zero-order chi connectivity index (χ0) is 16.5. The molecule has 1 heterocycles. The van der Waals surface area contributed by atoms with E-state index in [0.717, 1.165) is 11.8 Å². The highest BCUT2D eigenvalue weighted by Gasteiger charge is 2.49. The molecule has 21 heavy (non-hydrogen) atoms. The molecule has 0 aromatic heterocycles. The van der Waals surface area contributed by atoms with Crippen LogP contribution in [0.1, 0.15) is 69.2 Å². The molecule has 0 saturated carbocycles. The first-order valence-electron chi connectivity index (χ1n) is 9.24. The molecule has 0 radical (unpaired) electrons. The molecule has 1 rings (SSSR count). The zero-order valence-electron chi connectivity index (χ0n) is 16.2. The maximum atomic E-state index is 6.74. The fourth-order valence-corrected chi connectivity index (χ4v) is 4.80. The Morgan fingerprint density at radius 1 is 0.429 bits per heavy atom. The van der Waals surface area contributed by atoms with Crippen molar-refractivity contribution in [3.63, 3.8) is 0 Å².